The van der Waals surface area contributed by atoms with Crippen molar-refractivity contribution in [1.29, 1.82) is 0 Å². The standard InChI is InChI=1S/C16H15N5O2S/c1-23-11-5-6-12-13(10-11)18-15(17-12)24-9-8-21-16(22)20-7-3-2-4-14(20)19-21/h2-7,10H,8-9H2,1H3,(H,17,18). The van der Waals surface area contributed by atoms with Crippen molar-refractivity contribution in [3.63, 3.8) is 0 Å². The van der Waals surface area contributed by atoms with Gasteiger partial charge in [0, 0.05) is 18.0 Å². The molecule has 122 valence electrons. The fourth-order valence-corrected chi connectivity index (χ4v) is 3.31. The summed E-state index contributed by atoms with van der Waals surface area (Å²) in [6, 6.07) is 11.2. The van der Waals surface area contributed by atoms with Crippen molar-refractivity contribution >= 4 is 28.4 Å². The first-order valence-corrected chi connectivity index (χ1v) is 8.44. The number of nitrogens with zero attached hydrogens (tertiary/aromatic N) is 4. The molecule has 0 amide bonds. The van der Waals surface area contributed by atoms with E-state index in [1.165, 1.54) is 9.08 Å². The minimum atomic E-state index is -0.124. The lowest BCUT2D eigenvalue weighted by Crippen LogP contribution is -2.21. The van der Waals surface area contributed by atoms with Crippen molar-refractivity contribution in [2.75, 3.05) is 12.9 Å². The van der Waals surface area contributed by atoms with Crippen LogP contribution in [0.15, 0.2) is 52.5 Å². The number of H-pyrrole nitrogens is 1. The maximum atomic E-state index is 12.2. The van der Waals surface area contributed by atoms with E-state index in [0.717, 1.165) is 21.9 Å². The van der Waals surface area contributed by atoms with Crippen LogP contribution in [0.4, 0.5) is 0 Å². The van der Waals surface area contributed by atoms with Gasteiger partial charge >= 0.3 is 5.69 Å². The summed E-state index contributed by atoms with van der Waals surface area (Å²) in [4.78, 5) is 20.0. The summed E-state index contributed by atoms with van der Waals surface area (Å²) in [6.45, 7) is 0.519. The van der Waals surface area contributed by atoms with Gasteiger partial charge in [-0.2, -0.15) is 0 Å². The maximum Gasteiger partial charge on any atom is 0.350 e. The van der Waals surface area contributed by atoms with Crippen molar-refractivity contribution in [3.8, 4) is 5.75 Å². The van der Waals surface area contributed by atoms with Gasteiger partial charge in [-0.25, -0.2) is 14.5 Å². The first-order chi connectivity index (χ1) is 11.7. The first-order valence-electron chi connectivity index (χ1n) is 7.45. The van der Waals surface area contributed by atoms with Crippen LogP contribution in [-0.4, -0.2) is 37.0 Å². The zero-order chi connectivity index (χ0) is 16.5. The molecule has 0 unspecified atom stereocenters. The largest absolute Gasteiger partial charge is 0.497 e. The summed E-state index contributed by atoms with van der Waals surface area (Å²) in [5.74, 6) is 1.49. The Bertz CT molecular complexity index is 1070. The Morgan fingerprint density at radius 1 is 1.29 bits per heavy atom. The Morgan fingerprint density at radius 3 is 3.04 bits per heavy atom. The summed E-state index contributed by atoms with van der Waals surface area (Å²) >= 11 is 1.56. The smallest absolute Gasteiger partial charge is 0.350 e. The van der Waals surface area contributed by atoms with Gasteiger partial charge < -0.3 is 9.72 Å². The number of hydrogen-bond acceptors (Lipinski definition) is 5. The number of ether oxygens (including phenoxy) is 1. The number of nitrogens with one attached hydrogen (secondary N) is 1. The fraction of sp³-hybridized carbons (Fsp3) is 0.188. The molecular formula is C16H15N5O2S. The molecule has 0 saturated carbocycles. The number of pyridine rings is 1. The summed E-state index contributed by atoms with van der Waals surface area (Å²) in [7, 11) is 1.64. The zero-order valence-electron chi connectivity index (χ0n) is 13.0. The van der Waals surface area contributed by atoms with Crippen molar-refractivity contribution in [2.45, 2.75) is 11.7 Å². The molecule has 0 spiro atoms. The molecular weight excluding hydrogens is 326 g/mol. The molecule has 4 aromatic rings. The van der Waals surface area contributed by atoms with Crippen molar-refractivity contribution in [2.24, 2.45) is 0 Å². The van der Waals surface area contributed by atoms with Gasteiger partial charge in [-0.05, 0) is 24.3 Å². The van der Waals surface area contributed by atoms with Crippen LogP contribution < -0.4 is 10.4 Å². The minimum absolute atomic E-state index is 0.124. The summed E-state index contributed by atoms with van der Waals surface area (Å²) in [6.07, 6.45) is 1.72. The highest BCUT2D eigenvalue weighted by atomic mass is 32.2. The molecule has 0 aliphatic heterocycles. The quantitative estimate of drug-likeness (QED) is 0.563. The average molecular weight is 341 g/mol. The number of aromatic amines is 1. The van der Waals surface area contributed by atoms with Gasteiger partial charge in [0.2, 0.25) is 0 Å². The maximum absolute atomic E-state index is 12.2. The monoisotopic (exact) mass is 341 g/mol. The van der Waals surface area contributed by atoms with Crippen LogP contribution >= 0.6 is 11.8 Å². The van der Waals surface area contributed by atoms with E-state index in [9.17, 15) is 4.79 Å². The third-order valence-electron chi connectivity index (χ3n) is 3.70. The molecule has 0 fully saturated rings. The lowest BCUT2D eigenvalue weighted by molar-refractivity contribution is 0.415. The van der Waals surface area contributed by atoms with Gasteiger partial charge in [0.15, 0.2) is 10.8 Å². The number of imidazole rings is 1. The number of aromatic nitrogens is 5. The molecule has 7 nitrogen and oxygen atoms in total. The normalized spacial score (nSPS) is 11.4. The zero-order valence-corrected chi connectivity index (χ0v) is 13.8. The molecule has 0 bridgehead atoms. The lowest BCUT2D eigenvalue weighted by Gasteiger charge is -1.97. The topological polar surface area (TPSA) is 77.2 Å². The highest BCUT2D eigenvalue weighted by Gasteiger charge is 2.08. The number of thioether (sulfide) groups is 1. The van der Waals surface area contributed by atoms with Crippen LogP contribution in [0.1, 0.15) is 0 Å². The SMILES string of the molecule is COc1ccc2nc(SCCn3nc4ccccn4c3=O)[nH]c2c1. The van der Waals surface area contributed by atoms with E-state index < -0.39 is 0 Å². The third kappa shape index (κ3) is 2.65. The molecule has 3 aromatic heterocycles. The summed E-state index contributed by atoms with van der Waals surface area (Å²) in [5, 5.41) is 5.13. The van der Waals surface area contributed by atoms with Crippen molar-refractivity contribution < 1.29 is 4.74 Å². The highest BCUT2D eigenvalue weighted by molar-refractivity contribution is 7.99. The Balaban J connectivity index is 1.48. The molecule has 1 N–H and O–H groups in total. The number of rotatable bonds is 5. The molecule has 24 heavy (non-hydrogen) atoms. The molecule has 1 aromatic carbocycles. The Labute approximate surface area is 141 Å². The summed E-state index contributed by atoms with van der Waals surface area (Å²) < 4.78 is 8.23. The predicted octanol–water partition coefficient (Wildman–Crippen LogP) is 2.17. The number of fused-ring (bicyclic) bond motifs is 2. The molecule has 0 atom stereocenters. The summed E-state index contributed by atoms with van der Waals surface area (Å²) in [5.41, 5.74) is 2.36. The lowest BCUT2D eigenvalue weighted by atomic mass is 10.3. The average Bonchev–Trinajstić information content (AvgIpc) is 3.15. The second kappa shape index (κ2) is 6.04. The van der Waals surface area contributed by atoms with Gasteiger partial charge in [-0.1, -0.05) is 17.8 Å². The van der Waals surface area contributed by atoms with E-state index in [1.807, 2.05) is 36.4 Å². The van der Waals surface area contributed by atoms with Gasteiger partial charge in [-0.3, -0.25) is 4.40 Å². The fourth-order valence-electron chi connectivity index (χ4n) is 2.50. The van der Waals surface area contributed by atoms with E-state index >= 15 is 0 Å². The van der Waals surface area contributed by atoms with E-state index in [1.54, 1.807) is 25.1 Å². The first kappa shape index (κ1) is 14.8. The highest BCUT2D eigenvalue weighted by Crippen LogP contribution is 2.23. The van der Waals surface area contributed by atoms with Crippen LogP contribution in [-0.2, 0) is 6.54 Å². The van der Waals surface area contributed by atoms with Gasteiger partial charge in [-0.15, -0.1) is 5.10 Å². The second-order valence-corrected chi connectivity index (χ2v) is 6.29. The van der Waals surface area contributed by atoms with Crippen molar-refractivity contribution in [3.05, 3.63) is 53.1 Å². The van der Waals surface area contributed by atoms with Crippen LogP contribution in [0.3, 0.4) is 0 Å². The number of methoxy groups -OCH3 is 1. The van der Waals surface area contributed by atoms with Gasteiger partial charge in [0.05, 0.1) is 24.7 Å². The van der Waals surface area contributed by atoms with Crippen LogP contribution in [0.25, 0.3) is 16.7 Å². The van der Waals surface area contributed by atoms with Gasteiger partial charge in [0.1, 0.15) is 5.75 Å². The van der Waals surface area contributed by atoms with Crippen LogP contribution in [0.2, 0.25) is 0 Å². The Hall–Kier alpha value is -2.74. The molecule has 0 saturated heterocycles. The van der Waals surface area contributed by atoms with Gasteiger partial charge in [0.25, 0.3) is 0 Å². The van der Waals surface area contributed by atoms with E-state index in [2.05, 4.69) is 15.1 Å². The van der Waals surface area contributed by atoms with Crippen LogP contribution in [0.5, 0.6) is 5.75 Å². The third-order valence-corrected chi connectivity index (χ3v) is 4.55. The Kier molecular flexibility index (Phi) is 3.73. The number of hydrogen-bond donors (Lipinski definition) is 1. The molecule has 4 rings (SSSR count). The van der Waals surface area contributed by atoms with Crippen molar-refractivity contribution in [1.82, 2.24) is 24.1 Å². The molecule has 0 aliphatic carbocycles. The van der Waals surface area contributed by atoms with E-state index in [4.69, 9.17) is 4.74 Å². The molecule has 8 heteroatoms. The predicted molar refractivity (Wildman–Crippen MR) is 92.8 cm³/mol. The Morgan fingerprint density at radius 2 is 2.21 bits per heavy atom. The van der Waals surface area contributed by atoms with E-state index in [0.29, 0.717) is 17.9 Å². The second-order valence-electron chi connectivity index (χ2n) is 5.21. The number of benzene rings is 1. The number of aryl methyl sites for hydroxylation is 1. The van der Waals surface area contributed by atoms with E-state index in [-0.39, 0.29) is 5.69 Å². The van der Waals surface area contributed by atoms with Crippen LogP contribution in [0, 0.1) is 0 Å². The molecule has 0 radical (unpaired) electrons. The molecule has 0 aliphatic rings. The minimum Gasteiger partial charge on any atom is -0.497 e. The molecule has 3 heterocycles.